The summed E-state index contributed by atoms with van der Waals surface area (Å²) in [6.07, 6.45) is 0. The Labute approximate surface area is 141 Å². The molecule has 0 aliphatic heterocycles. The first kappa shape index (κ1) is 17.2. The van der Waals surface area contributed by atoms with Gasteiger partial charge in [-0.25, -0.2) is 0 Å². The molecule has 0 atom stereocenters. The molecule has 5 heteroatoms. The van der Waals surface area contributed by atoms with Gasteiger partial charge in [-0.2, -0.15) is 0 Å². The largest absolute Gasteiger partial charge is 0.506 e. The number of phenols is 1. The van der Waals surface area contributed by atoms with E-state index in [9.17, 15) is 9.90 Å². The first-order chi connectivity index (χ1) is 10.9. The second-order valence-corrected chi connectivity index (χ2v) is 6.17. The number of amides is 1. The average Bonchev–Trinajstić information content (AvgIpc) is 2.49. The SMILES string of the molecule is Cc1cc(C(=O)NC(C)C)ccc1NCc1cccc(Cl)c1O. The van der Waals surface area contributed by atoms with Crippen molar-refractivity contribution in [3.05, 3.63) is 58.1 Å². The Balaban J connectivity index is 2.09. The normalized spacial score (nSPS) is 10.7. The van der Waals surface area contributed by atoms with Gasteiger partial charge in [-0.15, -0.1) is 0 Å². The van der Waals surface area contributed by atoms with Crippen LogP contribution in [0.3, 0.4) is 0 Å². The van der Waals surface area contributed by atoms with Crippen molar-refractivity contribution < 1.29 is 9.90 Å². The van der Waals surface area contributed by atoms with Gasteiger partial charge in [0.25, 0.3) is 5.91 Å². The van der Waals surface area contributed by atoms with Crippen LogP contribution in [0.15, 0.2) is 36.4 Å². The van der Waals surface area contributed by atoms with Gasteiger partial charge >= 0.3 is 0 Å². The number of aromatic hydroxyl groups is 1. The second kappa shape index (κ2) is 7.38. The number of rotatable bonds is 5. The van der Waals surface area contributed by atoms with Crippen molar-refractivity contribution in [3.8, 4) is 5.75 Å². The molecule has 0 radical (unpaired) electrons. The van der Waals surface area contributed by atoms with E-state index in [0.29, 0.717) is 17.1 Å². The highest BCUT2D eigenvalue weighted by Crippen LogP contribution is 2.28. The van der Waals surface area contributed by atoms with Crippen LogP contribution in [0.5, 0.6) is 5.75 Å². The van der Waals surface area contributed by atoms with Crippen molar-refractivity contribution in [2.45, 2.75) is 33.4 Å². The predicted octanol–water partition coefficient (Wildman–Crippen LogP) is 4.10. The zero-order valence-corrected chi connectivity index (χ0v) is 14.2. The van der Waals surface area contributed by atoms with Crippen LogP contribution in [-0.4, -0.2) is 17.1 Å². The molecule has 0 saturated carbocycles. The Morgan fingerprint density at radius 1 is 1.26 bits per heavy atom. The van der Waals surface area contributed by atoms with Gasteiger partial charge in [-0.05, 0) is 50.6 Å². The Morgan fingerprint density at radius 2 is 2.00 bits per heavy atom. The fraction of sp³-hybridized carbons (Fsp3) is 0.278. The van der Waals surface area contributed by atoms with Crippen LogP contribution in [0, 0.1) is 6.92 Å². The van der Waals surface area contributed by atoms with Crippen LogP contribution >= 0.6 is 11.6 Å². The fourth-order valence-corrected chi connectivity index (χ4v) is 2.44. The minimum Gasteiger partial charge on any atom is -0.506 e. The molecule has 2 aromatic carbocycles. The van der Waals surface area contributed by atoms with Gasteiger partial charge in [0.1, 0.15) is 5.75 Å². The summed E-state index contributed by atoms with van der Waals surface area (Å²) in [7, 11) is 0. The summed E-state index contributed by atoms with van der Waals surface area (Å²) in [5.41, 5.74) is 3.22. The number of halogens is 1. The highest BCUT2D eigenvalue weighted by Gasteiger charge is 2.10. The standard InChI is InChI=1S/C18H21ClN2O2/c1-11(2)21-18(23)13-7-8-16(12(3)9-13)20-10-14-5-4-6-15(19)17(14)22/h4-9,11,20,22H,10H2,1-3H3,(H,21,23). The third kappa shape index (κ3) is 4.39. The van der Waals surface area contributed by atoms with Crippen LogP contribution in [0.25, 0.3) is 0 Å². The topological polar surface area (TPSA) is 61.4 Å². The average molecular weight is 333 g/mol. The minimum absolute atomic E-state index is 0.0814. The highest BCUT2D eigenvalue weighted by molar-refractivity contribution is 6.32. The number of hydrogen-bond acceptors (Lipinski definition) is 3. The molecule has 3 N–H and O–H groups in total. The zero-order chi connectivity index (χ0) is 17.0. The number of benzene rings is 2. The van der Waals surface area contributed by atoms with Crippen molar-refractivity contribution in [2.75, 3.05) is 5.32 Å². The molecule has 122 valence electrons. The summed E-state index contributed by atoms with van der Waals surface area (Å²) in [4.78, 5) is 12.0. The Morgan fingerprint density at radius 3 is 2.65 bits per heavy atom. The van der Waals surface area contributed by atoms with Gasteiger partial charge in [-0.1, -0.05) is 23.7 Å². The van der Waals surface area contributed by atoms with E-state index in [0.717, 1.165) is 16.8 Å². The summed E-state index contributed by atoms with van der Waals surface area (Å²) in [6, 6.07) is 10.9. The maximum atomic E-state index is 12.0. The zero-order valence-electron chi connectivity index (χ0n) is 13.5. The van der Waals surface area contributed by atoms with E-state index >= 15 is 0 Å². The summed E-state index contributed by atoms with van der Waals surface area (Å²) < 4.78 is 0. The molecule has 0 aliphatic rings. The molecule has 0 spiro atoms. The lowest BCUT2D eigenvalue weighted by Crippen LogP contribution is -2.30. The smallest absolute Gasteiger partial charge is 0.251 e. The monoisotopic (exact) mass is 332 g/mol. The predicted molar refractivity (Wildman–Crippen MR) is 94.2 cm³/mol. The minimum atomic E-state index is -0.0814. The van der Waals surface area contributed by atoms with E-state index in [1.54, 1.807) is 18.2 Å². The molecule has 0 aromatic heterocycles. The Kier molecular flexibility index (Phi) is 5.50. The van der Waals surface area contributed by atoms with Gasteiger partial charge in [0.15, 0.2) is 0 Å². The molecule has 0 saturated heterocycles. The van der Waals surface area contributed by atoms with E-state index in [4.69, 9.17) is 11.6 Å². The molecular weight excluding hydrogens is 312 g/mol. The van der Waals surface area contributed by atoms with Gasteiger partial charge in [0, 0.05) is 29.4 Å². The van der Waals surface area contributed by atoms with Gasteiger partial charge in [0.05, 0.1) is 5.02 Å². The van der Waals surface area contributed by atoms with Crippen molar-refractivity contribution in [2.24, 2.45) is 0 Å². The molecule has 0 heterocycles. The number of aryl methyl sites for hydroxylation is 1. The number of nitrogens with one attached hydrogen (secondary N) is 2. The van der Waals surface area contributed by atoms with E-state index in [1.165, 1.54) is 0 Å². The quantitative estimate of drug-likeness (QED) is 0.772. The van der Waals surface area contributed by atoms with Crippen LogP contribution in [0.2, 0.25) is 5.02 Å². The summed E-state index contributed by atoms with van der Waals surface area (Å²) in [5, 5.41) is 16.4. The molecule has 0 bridgehead atoms. The van der Waals surface area contributed by atoms with Crippen LogP contribution in [0.4, 0.5) is 5.69 Å². The number of anilines is 1. The molecule has 23 heavy (non-hydrogen) atoms. The van der Waals surface area contributed by atoms with E-state index < -0.39 is 0 Å². The van der Waals surface area contributed by atoms with Crippen LogP contribution in [0.1, 0.15) is 35.3 Å². The summed E-state index contributed by atoms with van der Waals surface area (Å²) >= 11 is 5.90. The lowest BCUT2D eigenvalue weighted by molar-refractivity contribution is 0.0943. The Bertz CT molecular complexity index is 714. The molecule has 0 aliphatic carbocycles. The van der Waals surface area contributed by atoms with Crippen LogP contribution in [-0.2, 0) is 6.54 Å². The third-order valence-corrected chi connectivity index (χ3v) is 3.75. The van der Waals surface area contributed by atoms with E-state index in [2.05, 4.69) is 10.6 Å². The first-order valence-corrected chi connectivity index (χ1v) is 7.88. The molecule has 0 fully saturated rings. The van der Waals surface area contributed by atoms with Crippen molar-refractivity contribution in [1.82, 2.24) is 5.32 Å². The van der Waals surface area contributed by atoms with Crippen molar-refractivity contribution in [1.29, 1.82) is 0 Å². The lowest BCUT2D eigenvalue weighted by atomic mass is 10.1. The van der Waals surface area contributed by atoms with Crippen LogP contribution < -0.4 is 10.6 Å². The summed E-state index contributed by atoms with van der Waals surface area (Å²) in [5.74, 6) is 0.00869. The Hall–Kier alpha value is -2.20. The number of carbonyl (C=O) groups excluding carboxylic acids is 1. The number of phenolic OH excluding ortho intramolecular Hbond substituents is 1. The van der Waals surface area contributed by atoms with Crippen molar-refractivity contribution >= 4 is 23.2 Å². The maximum absolute atomic E-state index is 12.0. The lowest BCUT2D eigenvalue weighted by Gasteiger charge is -2.13. The molecule has 2 rings (SSSR count). The molecule has 1 amide bonds. The third-order valence-electron chi connectivity index (χ3n) is 3.45. The number of para-hydroxylation sites is 1. The van der Waals surface area contributed by atoms with Crippen molar-refractivity contribution in [3.63, 3.8) is 0 Å². The highest BCUT2D eigenvalue weighted by atomic mass is 35.5. The molecule has 2 aromatic rings. The number of carbonyl (C=O) groups is 1. The maximum Gasteiger partial charge on any atom is 0.251 e. The molecule has 4 nitrogen and oxygen atoms in total. The van der Waals surface area contributed by atoms with Gasteiger partial charge in [-0.3, -0.25) is 4.79 Å². The first-order valence-electron chi connectivity index (χ1n) is 7.50. The van der Waals surface area contributed by atoms with Gasteiger partial charge in [0.2, 0.25) is 0 Å². The number of hydrogen-bond donors (Lipinski definition) is 3. The van der Waals surface area contributed by atoms with E-state index in [-0.39, 0.29) is 17.7 Å². The van der Waals surface area contributed by atoms with Gasteiger partial charge < -0.3 is 15.7 Å². The summed E-state index contributed by atoms with van der Waals surface area (Å²) in [6.45, 7) is 6.24. The fourth-order valence-electron chi connectivity index (χ4n) is 2.24. The van der Waals surface area contributed by atoms with E-state index in [1.807, 2.05) is 39.0 Å². The molecule has 0 unspecified atom stereocenters. The molecular formula is C18H21ClN2O2. The second-order valence-electron chi connectivity index (χ2n) is 5.76.